The molecule has 3 heteroatoms. The second-order valence-corrected chi connectivity index (χ2v) is 4.52. The van der Waals surface area contributed by atoms with E-state index in [4.69, 9.17) is 0 Å². The van der Waals surface area contributed by atoms with Gasteiger partial charge in [0.25, 0.3) is 0 Å². The molecule has 0 aromatic heterocycles. The Kier molecular flexibility index (Phi) is 4.07. The number of benzene rings is 1. The number of carbonyl (C=O) groups excluding carboxylic acids is 1. The average molecular weight is 221 g/mol. The maximum Gasteiger partial charge on any atom is 0.373 e. The summed E-state index contributed by atoms with van der Waals surface area (Å²) in [5, 5.41) is 0. The molecule has 0 aliphatic rings. The van der Waals surface area contributed by atoms with Gasteiger partial charge in [0, 0.05) is 0 Å². The maximum atomic E-state index is 11.4. The molecule has 0 atom stereocenters. The van der Waals surface area contributed by atoms with Crippen molar-refractivity contribution in [1.29, 1.82) is 0 Å². The van der Waals surface area contributed by atoms with Crippen LogP contribution in [0.15, 0.2) is 24.3 Å². The molecule has 87 valence electrons. The molecule has 0 fully saturated rings. The van der Waals surface area contributed by atoms with Gasteiger partial charge in [-0.1, -0.05) is 32.9 Å². The summed E-state index contributed by atoms with van der Waals surface area (Å²) in [6.07, 6.45) is 0. The third-order valence-corrected chi connectivity index (χ3v) is 2.20. The van der Waals surface area contributed by atoms with Gasteiger partial charge in [0.15, 0.2) is 0 Å². The third kappa shape index (κ3) is 3.35. The van der Waals surface area contributed by atoms with E-state index in [9.17, 15) is 4.79 Å². The summed E-state index contributed by atoms with van der Waals surface area (Å²) in [6.45, 7) is 9.85. The van der Waals surface area contributed by atoms with Crippen LogP contribution in [0.5, 0.6) is 0 Å². The quantitative estimate of drug-likeness (QED) is 0.581. The summed E-state index contributed by atoms with van der Waals surface area (Å²) < 4.78 is 0. The Labute approximate surface area is 96.3 Å². The Morgan fingerprint density at radius 3 is 2.25 bits per heavy atom. The highest BCUT2D eigenvalue weighted by atomic mass is 17.2. The summed E-state index contributed by atoms with van der Waals surface area (Å²) in [4.78, 5) is 20.4. The average Bonchev–Trinajstić information content (AvgIpc) is 2.25. The van der Waals surface area contributed by atoms with E-state index < -0.39 is 5.97 Å². The van der Waals surface area contributed by atoms with E-state index in [1.807, 2.05) is 12.1 Å². The van der Waals surface area contributed by atoms with Gasteiger partial charge in [-0.3, -0.25) is 4.89 Å². The fraction of sp³-hybridized carbons (Fsp3) is 0.385. The summed E-state index contributed by atoms with van der Waals surface area (Å²) in [7, 11) is 0. The molecule has 1 aromatic rings. The second-order valence-electron chi connectivity index (χ2n) is 4.52. The molecule has 16 heavy (non-hydrogen) atoms. The number of carbonyl (C=O) groups is 1. The highest BCUT2D eigenvalue weighted by Crippen LogP contribution is 2.22. The first-order chi connectivity index (χ1) is 7.45. The summed E-state index contributed by atoms with van der Waals surface area (Å²) >= 11 is 0. The lowest BCUT2D eigenvalue weighted by Crippen LogP contribution is -2.12. The van der Waals surface area contributed by atoms with Crippen molar-refractivity contribution in [3.63, 3.8) is 0 Å². The molecule has 0 aliphatic heterocycles. The minimum absolute atomic E-state index is 0.0757. The van der Waals surface area contributed by atoms with Crippen molar-refractivity contribution in [2.24, 2.45) is 0 Å². The lowest BCUT2D eigenvalue weighted by Gasteiger charge is -2.18. The fourth-order valence-corrected chi connectivity index (χ4v) is 1.25. The minimum Gasteiger partial charge on any atom is -0.293 e. The highest BCUT2D eigenvalue weighted by Gasteiger charge is 2.14. The Balaban J connectivity index is 2.75. The van der Waals surface area contributed by atoms with Crippen LogP contribution in [-0.4, -0.2) is 12.6 Å². The fourth-order valence-electron chi connectivity index (χ4n) is 1.25. The van der Waals surface area contributed by atoms with Gasteiger partial charge in [-0.05, 0) is 30.0 Å². The Hall–Kier alpha value is -1.35. The van der Waals surface area contributed by atoms with Gasteiger partial charge in [0.05, 0.1) is 12.2 Å². The first-order valence-corrected chi connectivity index (χ1v) is 5.18. The van der Waals surface area contributed by atoms with Crippen molar-refractivity contribution in [3.8, 4) is 0 Å². The van der Waals surface area contributed by atoms with Gasteiger partial charge >= 0.3 is 5.97 Å². The maximum absolute atomic E-state index is 11.4. The molecule has 0 unspecified atom stereocenters. The predicted octanol–water partition coefficient (Wildman–Crippen LogP) is 2.91. The molecule has 0 amide bonds. The SMILES string of the molecule is [CH2]COOC(=O)c1ccc(C(C)(C)C)cc1. The van der Waals surface area contributed by atoms with Crippen molar-refractivity contribution in [2.45, 2.75) is 26.2 Å². The van der Waals surface area contributed by atoms with Crippen molar-refractivity contribution < 1.29 is 14.6 Å². The molecule has 0 saturated carbocycles. The summed E-state index contributed by atoms with van der Waals surface area (Å²) in [5.41, 5.74) is 1.72. The van der Waals surface area contributed by atoms with Crippen LogP contribution < -0.4 is 0 Å². The normalized spacial score (nSPS) is 11.2. The van der Waals surface area contributed by atoms with E-state index >= 15 is 0 Å². The minimum atomic E-state index is -0.496. The zero-order chi connectivity index (χ0) is 12.2. The molecule has 3 nitrogen and oxygen atoms in total. The van der Waals surface area contributed by atoms with Gasteiger partial charge in [0.2, 0.25) is 0 Å². The van der Waals surface area contributed by atoms with Gasteiger partial charge in [0.1, 0.15) is 0 Å². The van der Waals surface area contributed by atoms with Crippen LogP contribution in [-0.2, 0) is 15.2 Å². The molecule has 1 rings (SSSR count). The first-order valence-electron chi connectivity index (χ1n) is 5.18. The smallest absolute Gasteiger partial charge is 0.293 e. The van der Waals surface area contributed by atoms with E-state index in [1.165, 1.54) is 5.56 Å². The summed E-state index contributed by atoms with van der Waals surface area (Å²) in [6, 6.07) is 7.30. The van der Waals surface area contributed by atoms with Crippen LogP contribution in [0.2, 0.25) is 0 Å². The second kappa shape index (κ2) is 5.12. The highest BCUT2D eigenvalue weighted by molar-refractivity contribution is 5.88. The van der Waals surface area contributed by atoms with Gasteiger partial charge in [-0.25, -0.2) is 4.79 Å². The van der Waals surface area contributed by atoms with Gasteiger partial charge in [-0.2, -0.15) is 4.89 Å². The number of rotatable bonds is 3. The largest absolute Gasteiger partial charge is 0.373 e. The molecular formula is C13H17O3. The van der Waals surface area contributed by atoms with Gasteiger partial charge < -0.3 is 0 Å². The van der Waals surface area contributed by atoms with Crippen molar-refractivity contribution in [1.82, 2.24) is 0 Å². The van der Waals surface area contributed by atoms with Crippen LogP contribution in [0.3, 0.4) is 0 Å². The Morgan fingerprint density at radius 1 is 1.25 bits per heavy atom. The molecule has 1 aromatic carbocycles. The van der Waals surface area contributed by atoms with E-state index in [2.05, 4.69) is 37.5 Å². The van der Waals surface area contributed by atoms with Crippen LogP contribution in [0.4, 0.5) is 0 Å². The molecule has 0 heterocycles. The molecule has 0 saturated heterocycles. The molecule has 0 bridgehead atoms. The van der Waals surface area contributed by atoms with E-state index in [-0.39, 0.29) is 12.0 Å². The monoisotopic (exact) mass is 221 g/mol. The summed E-state index contributed by atoms with van der Waals surface area (Å²) in [5.74, 6) is -0.496. The number of hydrogen-bond acceptors (Lipinski definition) is 3. The van der Waals surface area contributed by atoms with Crippen LogP contribution >= 0.6 is 0 Å². The van der Waals surface area contributed by atoms with Crippen LogP contribution in [0, 0.1) is 6.92 Å². The van der Waals surface area contributed by atoms with E-state index in [0.29, 0.717) is 5.56 Å². The lowest BCUT2D eigenvalue weighted by atomic mass is 9.87. The van der Waals surface area contributed by atoms with E-state index in [1.54, 1.807) is 12.1 Å². The number of hydrogen-bond donors (Lipinski definition) is 0. The zero-order valence-electron chi connectivity index (χ0n) is 9.95. The topological polar surface area (TPSA) is 35.5 Å². The molecule has 0 spiro atoms. The zero-order valence-corrected chi connectivity index (χ0v) is 9.95. The van der Waals surface area contributed by atoms with Crippen molar-refractivity contribution >= 4 is 5.97 Å². The van der Waals surface area contributed by atoms with Crippen LogP contribution in [0.25, 0.3) is 0 Å². The van der Waals surface area contributed by atoms with Gasteiger partial charge in [-0.15, -0.1) is 0 Å². The standard InChI is InChI=1S/C13H17O3/c1-5-15-16-12(14)10-6-8-11(9-7-10)13(2,3)4/h6-9H,1,5H2,2-4H3. The van der Waals surface area contributed by atoms with Crippen LogP contribution in [0.1, 0.15) is 36.7 Å². The lowest BCUT2D eigenvalue weighted by molar-refractivity contribution is -0.232. The third-order valence-electron chi connectivity index (χ3n) is 2.20. The molecule has 1 radical (unpaired) electrons. The molecule has 0 N–H and O–H groups in total. The van der Waals surface area contributed by atoms with E-state index in [0.717, 1.165) is 0 Å². The first kappa shape index (κ1) is 12.7. The van der Waals surface area contributed by atoms with Crippen molar-refractivity contribution in [3.05, 3.63) is 42.3 Å². The van der Waals surface area contributed by atoms with Crippen molar-refractivity contribution in [2.75, 3.05) is 6.61 Å². The molecular weight excluding hydrogens is 204 g/mol. The Morgan fingerprint density at radius 2 is 1.81 bits per heavy atom. The molecule has 0 aliphatic carbocycles. The Bertz CT molecular complexity index is 346. The predicted molar refractivity (Wildman–Crippen MR) is 61.9 cm³/mol.